The fourth-order valence-electron chi connectivity index (χ4n) is 5.54. The molecule has 0 bridgehead atoms. The van der Waals surface area contributed by atoms with Crippen molar-refractivity contribution in [2.24, 2.45) is 0 Å². The lowest BCUT2D eigenvalue weighted by molar-refractivity contribution is -0.167. The Bertz CT molecular complexity index is 975. The van der Waals surface area contributed by atoms with Gasteiger partial charge >= 0.3 is 17.9 Å². The highest BCUT2D eigenvalue weighted by Crippen LogP contribution is 2.12. The quantitative estimate of drug-likeness (QED) is 0.0274. The zero-order valence-corrected chi connectivity index (χ0v) is 33.8. The van der Waals surface area contributed by atoms with E-state index < -0.39 is 6.10 Å². The first kappa shape index (κ1) is 49.1. The molecule has 0 amide bonds. The molecule has 0 aromatic rings. The van der Waals surface area contributed by atoms with Gasteiger partial charge in [-0.1, -0.05) is 152 Å². The summed E-state index contributed by atoms with van der Waals surface area (Å²) in [7, 11) is 0. The molecule has 0 spiro atoms. The van der Waals surface area contributed by atoms with Gasteiger partial charge in [-0.3, -0.25) is 14.4 Å². The zero-order valence-electron chi connectivity index (χ0n) is 33.8. The molecule has 0 N–H and O–H groups in total. The van der Waals surface area contributed by atoms with Crippen molar-refractivity contribution < 1.29 is 28.6 Å². The van der Waals surface area contributed by atoms with E-state index in [2.05, 4.69) is 81.5 Å². The van der Waals surface area contributed by atoms with Crippen LogP contribution in [0, 0.1) is 0 Å². The molecule has 1 atom stereocenters. The van der Waals surface area contributed by atoms with Crippen molar-refractivity contribution in [3.8, 4) is 0 Å². The summed E-state index contributed by atoms with van der Waals surface area (Å²) in [6.07, 6.45) is 48.0. The first-order valence-electron chi connectivity index (χ1n) is 21.3. The lowest BCUT2D eigenvalue weighted by Crippen LogP contribution is -2.30. The van der Waals surface area contributed by atoms with Gasteiger partial charge in [-0.05, 0) is 83.5 Å². The molecule has 298 valence electrons. The van der Waals surface area contributed by atoms with Crippen LogP contribution in [-0.4, -0.2) is 37.2 Å². The van der Waals surface area contributed by atoms with Crippen molar-refractivity contribution in [1.29, 1.82) is 0 Å². The Labute approximate surface area is 320 Å². The van der Waals surface area contributed by atoms with Gasteiger partial charge in [0.25, 0.3) is 0 Å². The number of hydrogen-bond donors (Lipinski definition) is 0. The van der Waals surface area contributed by atoms with Gasteiger partial charge in [0.05, 0.1) is 0 Å². The lowest BCUT2D eigenvalue weighted by atomic mass is 10.1. The Hall–Kier alpha value is -2.89. The minimum absolute atomic E-state index is 0.0925. The molecule has 0 aromatic carbocycles. The first-order chi connectivity index (χ1) is 25.5. The van der Waals surface area contributed by atoms with Crippen LogP contribution >= 0.6 is 0 Å². The van der Waals surface area contributed by atoms with Crippen molar-refractivity contribution in [2.45, 2.75) is 200 Å². The van der Waals surface area contributed by atoms with Crippen molar-refractivity contribution >= 4 is 17.9 Å². The predicted octanol–water partition coefficient (Wildman–Crippen LogP) is 13.4. The summed E-state index contributed by atoms with van der Waals surface area (Å²) in [5.74, 6) is -0.957. The number of rotatable bonds is 37. The zero-order chi connectivity index (χ0) is 38.0. The molecule has 0 aliphatic heterocycles. The Morgan fingerprint density at radius 3 is 1.21 bits per heavy atom. The van der Waals surface area contributed by atoms with Crippen LogP contribution in [0.25, 0.3) is 0 Å². The van der Waals surface area contributed by atoms with Gasteiger partial charge in [-0.15, -0.1) is 0 Å². The van der Waals surface area contributed by atoms with Gasteiger partial charge in [0.2, 0.25) is 0 Å². The minimum atomic E-state index is -0.789. The van der Waals surface area contributed by atoms with Crippen LogP contribution < -0.4 is 0 Å². The number of esters is 3. The monoisotopic (exact) mass is 727 g/mol. The van der Waals surface area contributed by atoms with Crippen molar-refractivity contribution in [1.82, 2.24) is 0 Å². The van der Waals surface area contributed by atoms with E-state index in [-0.39, 0.29) is 31.1 Å². The summed E-state index contributed by atoms with van der Waals surface area (Å²) in [5, 5.41) is 0. The highest BCUT2D eigenvalue weighted by atomic mass is 16.6. The van der Waals surface area contributed by atoms with Crippen LogP contribution in [0.2, 0.25) is 0 Å². The molecule has 0 rings (SSSR count). The molecular weight excluding hydrogens is 648 g/mol. The molecule has 0 heterocycles. The van der Waals surface area contributed by atoms with Gasteiger partial charge in [-0.25, -0.2) is 0 Å². The molecule has 0 fully saturated rings. The topological polar surface area (TPSA) is 78.9 Å². The van der Waals surface area contributed by atoms with Gasteiger partial charge in [0.15, 0.2) is 6.10 Å². The number of hydrogen-bond acceptors (Lipinski definition) is 6. The number of carbonyl (C=O) groups excluding carboxylic acids is 3. The third kappa shape index (κ3) is 38.3. The SMILES string of the molecule is CC/C=C\C/C=C\C/C=C\CCCCCC(=O)OC(COC(=O)CCCCCCC)COC(=O)CCCCCCC/C=C\C/C=C\CCCCCC. The van der Waals surface area contributed by atoms with Crippen LogP contribution in [0.4, 0.5) is 0 Å². The average Bonchev–Trinajstić information content (AvgIpc) is 3.14. The maximum Gasteiger partial charge on any atom is 0.306 e. The van der Waals surface area contributed by atoms with Gasteiger partial charge in [0.1, 0.15) is 13.2 Å². The van der Waals surface area contributed by atoms with Crippen LogP contribution in [0.5, 0.6) is 0 Å². The molecule has 0 saturated heterocycles. The van der Waals surface area contributed by atoms with E-state index in [1.807, 2.05) is 0 Å². The summed E-state index contributed by atoms with van der Waals surface area (Å²) in [6, 6.07) is 0. The summed E-state index contributed by atoms with van der Waals surface area (Å²) in [4.78, 5) is 37.4. The maximum absolute atomic E-state index is 12.6. The molecule has 0 radical (unpaired) electrons. The second-order valence-electron chi connectivity index (χ2n) is 13.9. The molecule has 6 heteroatoms. The van der Waals surface area contributed by atoms with Crippen molar-refractivity contribution in [2.75, 3.05) is 13.2 Å². The van der Waals surface area contributed by atoms with Crippen LogP contribution in [0.1, 0.15) is 194 Å². The van der Waals surface area contributed by atoms with E-state index in [4.69, 9.17) is 14.2 Å². The van der Waals surface area contributed by atoms with E-state index in [1.165, 1.54) is 44.9 Å². The Morgan fingerprint density at radius 2 is 0.750 bits per heavy atom. The fraction of sp³-hybridized carbons (Fsp3) is 0.717. The Kier molecular flexibility index (Phi) is 38.6. The average molecular weight is 727 g/mol. The number of carbonyl (C=O) groups is 3. The molecular formula is C46H78O6. The first-order valence-corrected chi connectivity index (χ1v) is 21.3. The van der Waals surface area contributed by atoms with Crippen molar-refractivity contribution in [3.05, 3.63) is 60.8 Å². The largest absolute Gasteiger partial charge is 0.462 e. The predicted molar refractivity (Wildman–Crippen MR) is 219 cm³/mol. The van der Waals surface area contributed by atoms with Gasteiger partial charge < -0.3 is 14.2 Å². The molecule has 52 heavy (non-hydrogen) atoms. The van der Waals surface area contributed by atoms with Crippen LogP contribution in [0.15, 0.2) is 60.8 Å². The molecule has 0 aliphatic carbocycles. The molecule has 6 nitrogen and oxygen atoms in total. The molecule has 1 unspecified atom stereocenters. The smallest absolute Gasteiger partial charge is 0.306 e. The summed E-state index contributed by atoms with van der Waals surface area (Å²) in [5.41, 5.74) is 0. The second kappa shape index (κ2) is 40.9. The van der Waals surface area contributed by atoms with E-state index >= 15 is 0 Å². The van der Waals surface area contributed by atoms with Crippen molar-refractivity contribution in [3.63, 3.8) is 0 Å². The molecule has 0 aromatic heterocycles. The van der Waals surface area contributed by atoms with E-state index in [1.54, 1.807) is 0 Å². The van der Waals surface area contributed by atoms with Crippen LogP contribution in [0.3, 0.4) is 0 Å². The van der Waals surface area contributed by atoms with Crippen LogP contribution in [-0.2, 0) is 28.6 Å². The van der Waals surface area contributed by atoms with Gasteiger partial charge in [0, 0.05) is 19.3 Å². The van der Waals surface area contributed by atoms with E-state index in [0.29, 0.717) is 19.3 Å². The van der Waals surface area contributed by atoms with Gasteiger partial charge in [-0.2, -0.15) is 0 Å². The summed E-state index contributed by atoms with van der Waals surface area (Å²) < 4.78 is 16.5. The third-order valence-corrected chi connectivity index (χ3v) is 8.76. The highest BCUT2D eigenvalue weighted by Gasteiger charge is 2.19. The Balaban J connectivity index is 4.32. The third-order valence-electron chi connectivity index (χ3n) is 8.76. The summed E-state index contributed by atoms with van der Waals surface area (Å²) >= 11 is 0. The second-order valence-corrected chi connectivity index (χ2v) is 13.9. The highest BCUT2D eigenvalue weighted by molar-refractivity contribution is 5.71. The van der Waals surface area contributed by atoms with E-state index in [9.17, 15) is 14.4 Å². The number of unbranched alkanes of at least 4 members (excludes halogenated alkanes) is 16. The summed E-state index contributed by atoms with van der Waals surface area (Å²) in [6.45, 7) is 6.36. The molecule has 0 aliphatic rings. The fourth-order valence-corrected chi connectivity index (χ4v) is 5.54. The number of ether oxygens (including phenoxy) is 3. The maximum atomic E-state index is 12.6. The lowest BCUT2D eigenvalue weighted by Gasteiger charge is -2.18. The minimum Gasteiger partial charge on any atom is -0.462 e. The molecule has 0 saturated carbocycles. The number of allylic oxidation sites excluding steroid dienone is 10. The normalized spacial score (nSPS) is 12.6. The Morgan fingerprint density at radius 1 is 0.404 bits per heavy atom. The standard InChI is InChI=1S/C46H78O6/c1-4-7-10-13-15-17-19-21-22-23-25-26-28-30-33-36-39-45(48)51-42-43(41-50-44(47)38-35-32-12-9-6-3)52-46(49)40-37-34-31-29-27-24-20-18-16-14-11-8-5-2/h8,11,16-19,22-24,27,43H,4-7,9-10,12-15,20-21,25-26,28-42H2,1-3H3/b11-8-,18-16-,19-17-,23-22-,27-24-. The van der Waals surface area contributed by atoms with E-state index in [0.717, 1.165) is 109 Å².